The third-order valence-electron chi connectivity index (χ3n) is 4.58. The van der Waals surface area contributed by atoms with Crippen molar-refractivity contribution < 1.29 is 9.53 Å². The lowest BCUT2D eigenvalue weighted by Gasteiger charge is -2.35. The van der Waals surface area contributed by atoms with Crippen molar-refractivity contribution in [2.45, 2.75) is 18.9 Å². The number of nitrogens with zero attached hydrogens (tertiary/aromatic N) is 3. The monoisotopic (exact) mass is 347 g/mol. The molecule has 1 aliphatic heterocycles. The molecule has 1 saturated heterocycles. The molecular formula is C18H22ClN3O2. The van der Waals surface area contributed by atoms with E-state index in [2.05, 4.69) is 24.0 Å². The van der Waals surface area contributed by atoms with Crippen LogP contribution in [0.2, 0.25) is 5.02 Å². The molecule has 0 radical (unpaired) electrons. The fraction of sp³-hybridized carbons (Fsp3) is 0.444. The summed E-state index contributed by atoms with van der Waals surface area (Å²) in [6.45, 7) is 1.59. The molecule has 0 bridgehead atoms. The van der Waals surface area contributed by atoms with Crippen LogP contribution in [0, 0.1) is 0 Å². The first-order valence-electron chi connectivity index (χ1n) is 8.16. The van der Waals surface area contributed by atoms with E-state index in [4.69, 9.17) is 16.3 Å². The van der Waals surface area contributed by atoms with Crippen LogP contribution in [-0.2, 0) is 4.79 Å². The molecule has 0 aliphatic carbocycles. The maximum atomic E-state index is 12.4. The number of likely N-dealkylation sites (tertiary alicyclic amines) is 1. The molecule has 0 atom stereocenters. The largest absolute Gasteiger partial charge is 0.481 e. The van der Waals surface area contributed by atoms with Gasteiger partial charge in [-0.25, -0.2) is 0 Å². The van der Waals surface area contributed by atoms with Gasteiger partial charge in [-0.05, 0) is 51.2 Å². The second kappa shape index (κ2) is 7.36. The fourth-order valence-electron chi connectivity index (χ4n) is 3.09. The van der Waals surface area contributed by atoms with Crippen molar-refractivity contribution >= 4 is 28.4 Å². The number of ether oxygens (including phenoxy) is 1. The molecule has 2 aromatic rings. The predicted molar refractivity (Wildman–Crippen MR) is 95.5 cm³/mol. The highest BCUT2D eigenvalue weighted by atomic mass is 35.5. The Balaban J connectivity index is 1.62. The average Bonchev–Trinajstić information content (AvgIpc) is 2.61. The number of pyridine rings is 1. The Morgan fingerprint density at radius 2 is 2.08 bits per heavy atom. The minimum absolute atomic E-state index is 0.0197. The van der Waals surface area contributed by atoms with E-state index in [0.29, 0.717) is 22.3 Å². The number of benzene rings is 1. The van der Waals surface area contributed by atoms with E-state index >= 15 is 0 Å². The van der Waals surface area contributed by atoms with Crippen molar-refractivity contribution in [1.29, 1.82) is 0 Å². The lowest BCUT2D eigenvalue weighted by molar-refractivity contribution is -0.134. The Hall–Kier alpha value is -1.85. The van der Waals surface area contributed by atoms with Crippen molar-refractivity contribution in [3.8, 4) is 5.75 Å². The molecule has 24 heavy (non-hydrogen) atoms. The molecule has 0 unspecified atom stereocenters. The molecule has 1 aromatic heterocycles. The van der Waals surface area contributed by atoms with Crippen LogP contribution < -0.4 is 4.74 Å². The fourth-order valence-corrected chi connectivity index (χ4v) is 3.31. The van der Waals surface area contributed by atoms with E-state index in [1.807, 2.05) is 17.0 Å². The number of halogens is 1. The van der Waals surface area contributed by atoms with Gasteiger partial charge in [0.2, 0.25) is 0 Å². The van der Waals surface area contributed by atoms with Gasteiger partial charge >= 0.3 is 0 Å². The number of aromatic nitrogens is 1. The molecule has 1 aromatic carbocycles. The molecule has 1 amide bonds. The number of hydrogen-bond acceptors (Lipinski definition) is 4. The molecule has 0 spiro atoms. The van der Waals surface area contributed by atoms with Gasteiger partial charge in [-0.1, -0.05) is 11.6 Å². The molecule has 5 nitrogen and oxygen atoms in total. The van der Waals surface area contributed by atoms with Crippen LogP contribution in [0.1, 0.15) is 12.8 Å². The Bertz CT molecular complexity index is 727. The SMILES string of the molecule is CN(C)C1CCN(C(=O)COc2ccc(Cl)c3cccnc23)CC1. The number of rotatable bonds is 4. The van der Waals surface area contributed by atoms with E-state index in [1.54, 1.807) is 18.3 Å². The van der Waals surface area contributed by atoms with Gasteiger partial charge in [-0.15, -0.1) is 0 Å². The zero-order valence-corrected chi connectivity index (χ0v) is 14.8. The smallest absolute Gasteiger partial charge is 0.260 e. The van der Waals surface area contributed by atoms with Crippen LogP contribution in [0.4, 0.5) is 0 Å². The molecule has 0 N–H and O–H groups in total. The second-order valence-corrected chi connectivity index (χ2v) is 6.72. The van der Waals surface area contributed by atoms with Crippen LogP contribution in [0.3, 0.4) is 0 Å². The first kappa shape index (κ1) is 17.0. The Morgan fingerprint density at radius 1 is 1.33 bits per heavy atom. The molecule has 1 aliphatic rings. The van der Waals surface area contributed by atoms with Crippen molar-refractivity contribution in [2.24, 2.45) is 0 Å². The van der Waals surface area contributed by atoms with Crippen molar-refractivity contribution in [3.05, 3.63) is 35.5 Å². The molecule has 1 fully saturated rings. The van der Waals surface area contributed by atoms with Crippen LogP contribution in [0.25, 0.3) is 10.9 Å². The van der Waals surface area contributed by atoms with Crippen molar-refractivity contribution in [3.63, 3.8) is 0 Å². The highest BCUT2D eigenvalue weighted by Crippen LogP contribution is 2.29. The summed E-state index contributed by atoms with van der Waals surface area (Å²) < 4.78 is 5.74. The predicted octanol–water partition coefficient (Wildman–Crippen LogP) is 2.82. The molecule has 2 heterocycles. The van der Waals surface area contributed by atoms with Gasteiger partial charge in [0.25, 0.3) is 5.91 Å². The normalized spacial score (nSPS) is 15.9. The highest BCUT2D eigenvalue weighted by Gasteiger charge is 2.24. The number of carbonyl (C=O) groups is 1. The number of hydrogen-bond donors (Lipinski definition) is 0. The molecule has 3 rings (SSSR count). The minimum Gasteiger partial charge on any atom is -0.481 e. The zero-order chi connectivity index (χ0) is 17.1. The number of amides is 1. The minimum atomic E-state index is 0.0197. The van der Waals surface area contributed by atoms with E-state index in [9.17, 15) is 4.79 Å². The van der Waals surface area contributed by atoms with E-state index in [1.165, 1.54) is 0 Å². The summed E-state index contributed by atoms with van der Waals surface area (Å²) in [4.78, 5) is 20.8. The summed E-state index contributed by atoms with van der Waals surface area (Å²) in [5.41, 5.74) is 0.684. The summed E-state index contributed by atoms with van der Waals surface area (Å²) in [6, 6.07) is 7.82. The van der Waals surface area contributed by atoms with Gasteiger partial charge in [0.05, 0.1) is 5.02 Å². The third-order valence-corrected chi connectivity index (χ3v) is 4.91. The zero-order valence-electron chi connectivity index (χ0n) is 14.0. The summed E-state index contributed by atoms with van der Waals surface area (Å²) in [5, 5.41) is 1.46. The maximum Gasteiger partial charge on any atom is 0.260 e. The summed E-state index contributed by atoms with van der Waals surface area (Å²) in [6.07, 6.45) is 3.70. The lowest BCUT2D eigenvalue weighted by Crippen LogP contribution is -2.45. The second-order valence-electron chi connectivity index (χ2n) is 6.31. The van der Waals surface area contributed by atoms with Gasteiger partial charge in [-0.2, -0.15) is 0 Å². The summed E-state index contributed by atoms with van der Waals surface area (Å²) in [7, 11) is 4.17. The first-order chi connectivity index (χ1) is 11.6. The van der Waals surface area contributed by atoms with E-state index in [0.717, 1.165) is 31.3 Å². The van der Waals surface area contributed by atoms with E-state index < -0.39 is 0 Å². The maximum absolute atomic E-state index is 12.4. The Kier molecular flexibility index (Phi) is 5.21. The van der Waals surface area contributed by atoms with Gasteiger partial charge < -0.3 is 14.5 Å². The van der Waals surface area contributed by atoms with Crippen LogP contribution in [-0.4, -0.2) is 60.5 Å². The van der Waals surface area contributed by atoms with Crippen LogP contribution >= 0.6 is 11.6 Å². The average molecular weight is 348 g/mol. The van der Waals surface area contributed by atoms with Crippen molar-refractivity contribution in [2.75, 3.05) is 33.8 Å². The van der Waals surface area contributed by atoms with Crippen LogP contribution in [0.15, 0.2) is 30.5 Å². The van der Waals surface area contributed by atoms with Gasteiger partial charge in [0, 0.05) is 30.7 Å². The first-order valence-corrected chi connectivity index (χ1v) is 8.54. The third kappa shape index (κ3) is 3.62. The molecule has 0 saturated carbocycles. The standard InChI is InChI=1S/C18H22ClN3O2/c1-21(2)13-7-10-22(11-8-13)17(23)12-24-16-6-5-15(19)14-4-3-9-20-18(14)16/h3-6,9,13H,7-8,10-12H2,1-2H3. The van der Waals surface area contributed by atoms with Crippen LogP contribution in [0.5, 0.6) is 5.75 Å². The lowest BCUT2D eigenvalue weighted by atomic mass is 10.0. The number of piperidine rings is 1. The Labute approximate surface area is 147 Å². The van der Waals surface area contributed by atoms with Crippen molar-refractivity contribution in [1.82, 2.24) is 14.8 Å². The molecule has 6 heteroatoms. The van der Waals surface area contributed by atoms with Gasteiger partial charge in [0.1, 0.15) is 11.3 Å². The highest BCUT2D eigenvalue weighted by molar-refractivity contribution is 6.35. The topological polar surface area (TPSA) is 45.7 Å². The number of fused-ring (bicyclic) bond motifs is 1. The van der Waals surface area contributed by atoms with Gasteiger partial charge in [-0.3, -0.25) is 9.78 Å². The molecular weight excluding hydrogens is 326 g/mol. The van der Waals surface area contributed by atoms with Gasteiger partial charge in [0.15, 0.2) is 6.61 Å². The molecule has 128 valence electrons. The quantitative estimate of drug-likeness (QED) is 0.853. The summed E-state index contributed by atoms with van der Waals surface area (Å²) >= 11 is 6.18. The van der Waals surface area contributed by atoms with E-state index in [-0.39, 0.29) is 12.5 Å². The number of carbonyl (C=O) groups excluding carboxylic acids is 1. The Morgan fingerprint density at radius 3 is 2.79 bits per heavy atom. The summed E-state index contributed by atoms with van der Waals surface area (Å²) in [5.74, 6) is 0.609.